The van der Waals surface area contributed by atoms with Gasteiger partial charge in [-0.25, -0.2) is 9.18 Å². The number of alkyl halides is 1. The molecular formula is C20H26ClF2N3O4. The summed E-state index contributed by atoms with van der Waals surface area (Å²) in [6, 6.07) is 4.89. The minimum absolute atomic E-state index is 0.0716. The Balaban J connectivity index is 2.21. The van der Waals surface area contributed by atoms with Gasteiger partial charge in [-0.15, -0.1) is 0 Å². The molecule has 1 aromatic rings. The number of hydrogen-bond donors (Lipinski definition) is 1. The third kappa shape index (κ3) is 6.55. The SMILES string of the molecule is CC(=O)NC[C@@]1(F)C[C@@H](C(=O)N(F)Cc2cccc(Cl)c2)N(C(=O)OC(C)(C)C)C1. The number of nitrogens with zero attached hydrogens (tertiary/aromatic N) is 2. The molecule has 0 unspecified atom stereocenters. The fourth-order valence-corrected chi connectivity index (χ4v) is 3.33. The van der Waals surface area contributed by atoms with Crippen LogP contribution in [0.4, 0.5) is 13.7 Å². The fourth-order valence-electron chi connectivity index (χ4n) is 3.12. The van der Waals surface area contributed by atoms with Crippen LogP contribution in [0.5, 0.6) is 0 Å². The van der Waals surface area contributed by atoms with Crippen LogP contribution in [-0.2, 0) is 20.9 Å². The molecule has 2 rings (SSSR count). The van der Waals surface area contributed by atoms with Crippen molar-refractivity contribution in [3.63, 3.8) is 0 Å². The Morgan fingerprint density at radius 2 is 2.03 bits per heavy atom. The predicted octanol–water partition coefficient (Wildman–Crippen LogP) is 3.41. The van der Waals surface area contributed by atoms with E-state index >= 15 is 4.39 Å². The summed E-state index contributed by atoms with van der Waals surface area (Å²) in [6.45, 7) is 4.76. The fraction of sp³-hybridized carbons (Fsp3) is 0.550. The number of halogens is 3. The van der Waals surface area contributed by atoms with E-state index in [4.69, 9.17) is 16.3 Å². The number of nitrogens with one attached hydrogen (secondary N) is 1. The Hall–Kier alpha value is -2.42. The summed E-state index contributed by atoms with van der Waals surface area (Å²) < 4.78 is 35.2. The van der Waals surface area contributed by atoms with E-state index in [0.29, 0.717) is 10.6 Å². The molecule has 30 heavy (non-hydrogen) atoms. The van der Waals surface area contributed by atoms with Crippen molar-refractivity contribution in [2.45, 2.75) is 58.0 Å². The van der Waals surface area contributed by atoms with Gasteiger partial charge in [-0.05, 0) is 38.5 Å². The molecule has 1 saturated heterocycles. The number of ether oxygens (including phenoxy) is 1. The highest BCUT2D eigenvalue weighted by Gasteiger charge is 2.51. The maximum Gasteiger partial charge on any atom is 0.411 e. The van der Waals surface area contributed by atoms with Crippen LogP contribution in [0.2, 0.25) is 5.02 Å². The molecule has 0 bridgehead atoms. The van der Waals surface area contributed by atoms with Gasteiger partial charge < -0.3 is 10.1 Å². The van der Waals surface area contributed by atoms with E-state index in [1.807, 2.05) is 0 Å². The van der Waals surface area contributed by atoms with Crippen LogP contribution in [0.3, 0.4) is 0 Å². The highest BCUT2D eigenvalue weighted by atomic mass is 35.5. The number of rotatable bonds is 5. The highest BCUT2D eigenvalue weighted by Crippen LogP contribution is 2.33. The summed E-state index contributed by atoms with van der Waals surface area (Å²) in [7, 11) is 0. The molecule has 3 amide bonds. The molecule has 166 valence electrons. The second-order valence-electron chi connectivity index (χ2n) is 8.38. The molecule has 1 aliphatic rings. The lowest BCUT2D eigenvalue weighted by atomic mass is 10.0. The average molecular weight is 446 g/mol. The van der Waals surface area contributed by atoms with Gasteiger partial charge in [0.2, 0.25) is 5.91 Å². The summed E-state index contributed by atoms with van der Waals surface area (Å²) in [5.41, 5.74) is -2.55. The van der Waals surface area contributed by atoms with E-state index in [1.54, 1.807) is 39.0 Å². The Kier molecular flexibility index (Phi) is 7.28. The van der Waals surface area contributed by atoms with Crippen molar-refractivity contribution in [1.82, 2.24) is 15.3 Å². The molecule has 2 atom stereocenters. The molecule has 1 aliphatic heterocycles. The zero-order valence-corrected chi connectivity index (χ0v) is 18.1. The van der Waals surface area contributed by atoms with Gasteiger partial charge in [-0.2, -0.15) is 5.12 Å². The zero-order chi connectivity index (χ0) is 22.7. The summed E-state index contributed by atoms with van der Waals surface area (Å²) in [6.07, 6.45) is -1.40. The number of likely N-dealkylation sites (tertiary alicyclic amines) is 1. The largest absolute Gasteiger partial charge is 0.444 e. The Morgan fingerprint density at radius 1 is 1.37 bits per heavy atom. The molecule has 1 fully saturated rings. The maximum absolute atomic E-state index is 15.3. The monoisotopic (exact) mass is 445 g/mol. The van der Waals surface area contributed by atoms with Crippen LogP contribution >= 0.6 is 11.6 Å². The van der Waals surface area contributed by atoms with Crippen molar-refractivity contribution in [3.05, 3.63) is 34.9 Å². The molecule has 0 spiro atoms. The van der Waals surface area contributed by atoms with E-state index in [1.165, 1.54) is 13.0 Å². The van der Waals surface area contributed by atoms with Gasteiger partial charge in [-0.1, -0.05) is 28.2 Å². The van der Waals surface area contributed by atoms with Crippen molar-refractivity contribution in [2.75, 3.05) is 13.1 Å². The first-order valence-electron chi connectivity index (χ1n) is 9.44. The minimum Gasteiger partial charge on any atom is -0.444 e. The van der Waals surface area contributed by atoms with Crippen LogP contribution in [0.15, 0.2) is 24.3 Å². The van der Waals surface area contributed by atoms with Crippen LogP contribution in [0.1, 0.15) is 39.7 Å². The quantitative estimate of drug-likeness (QED) is 0.704. The second-order valence-corrected chi connectivity index (χ2v) is 8.81. The maximum atomic E-state index is 15.3. The Labute approximate surface area is 179 Å². The minimum atomic E-state index is -2.10. The van der Waals surface area contributed by atoms with Crippen LogP contribution < -0.4 is 5.32 Å². The van der Waals surface area contributed by atoms with E-state index in [-0.39, 0.29) is 5.12 Å². The lowest BCUT2D eigenvalue weighted by Gasteiger charge is -2.28. The van der Waals surface area contributed by atoms with Crippen LogP contribution in [-0.4, -0.2) is 58.3 Å². The lowest BCUT2D eigenvalue weighted by Crippen LogP contribution is -2.47. The third-order valence-electron chi connectivity index (χ3n) is 4.41. The van der Waals surface area contributed by atoms with Gasteiger partial charge in [-0.3, -0.25) is 14.5 Å². The normalized spacial score (nSPS) is 21.3. The third-order valence-corrected chi connectivity index (χ3v) is 4.64. The van der Waals surface area contributed by atoms with E-state index in [0.717, 1.165) is 4.90 Å². The first-order valence-corrected chi connectivity index (χ1v) is 9.82. The van der Waals surface area contributed by atoms with Crippen molar-refractivity contribution in [2.24, 2.45) is 0 Å². The second kappa shape index (κ2) is 9.16. The van der Waals surface area contributed by atoms with E-state index in [9.17, 15) is 18.9 Å². The average Bonchev–Trinajstić information content (AvgIpc) is 2.96. The van der Waals surface area contributed by atoms with Gasteiger partial charge in [0, 0.05) is 18.4 Å². The smallest absolute Gasteiger partial charge is 0.411 e. The number of hydrogen-bond acceptors (Lipinski definition) is 4. The lowest BCUT2D eigenvalue weighted by molar-refractivity contribution is -0.152. The highest BCUT2D eigenvalue weighted by molar-refractivity contribution is 6.30. The summed E-state index contributed by atoms with van der Waals surface area (Å²) >= 11 is 5.88. The van der Waals surface area contributed by atoms with E-state index in [2.05, 4.69) is 5.32 Å². The molecule has 0 radical (unpaired) electrons. The number of amides is 3. The van der Waals surface area contributed by atoms with Gasteiger partial charge in [0.25, 0.3) is 5.91 Å². The van der Waals surface area contributed by atoms with Gasteiger partial charge >= 0.3 is 6.09 Å². The summed E-state index contributed by atoms with van der Waals surface area (Å²) in [5.74, 6) is -1.54. The zero-order valence-electron chi connectivity index (χ0n) is 17.4. The van der Waals surface area contributed by atoms with Crippen molar-refractivity contribution < 1.29 is 28.0 Å². The van der Waals surface area contributed by atoms with Gasteiger partial charge in [0.05, 0.1) is 19.6 Å². The Bertz CT molecular complexity index is 817. The summed E-state index contributed by atoms with van der Waals surface area (Å²) in [4.78, 5) is 37.4. The van der Waals surface area contributed by atoms with Crippen molar-refractivity contribution >= 4 is 29.5 Å². The molecule has 0 aliphatic carbocycles. The number of carbonyl (C=O) groups excluding carboxylic acids is 3. The standard InChI is InChI=1S/C20H26ClF2N3O4/c1-13(27)24-11-20(22)9-16(25(12-20)18(29)30-19(2,3)4)17(28)26(23)10-14-6-5-7-15(21)8-14/h5-8,16H,9-12H2,1-4H3,(H,24,27)/t16-,20-/m0/s1. The van der Waals surface area contributed by atoms with Gasteiger partial charge in [0.1, 0.15) is 17.3 Å². The predicted molar refractivity (Wildman–Crippen MR) is 107 cm³/mol. The van der Waals surface area contributed by atoms with E-state index < -0.39 is 61.3 Å². The van der Waals surface area contributed by atoms with Crippen LogP contribution in [0, 0.1) is 0 Å². The topological polar surface area (TPSA) is 79.0 Å². The molecule has 7 nitrogen and oxygen atoms in total. The number of carbonyl (C=O) groups is 3. The van der Waals surface area contributed by atoms with Gasteiger partial charge in [0.15, 0.2) is 0 Å². The molecular weight excluding hydrogens is 420 g/mol. The molecule has 0 aromatic heterocycles. The molecule has 1 aromatic carbocycles. The molecule has 0 saturated carbocycles. The molecule has 1 heterocycles. The van der Waals surface area contributed by atoms with Crippen LogP contribution in [0.25, 0.3) is 0 Å². The molecule has 1 N–H and O–H groups in total. The first-order chi connectivity index (χ1) is 13.8. The molecule has 10 heteroatoms. The summed E-state index contributed by atoms with van der Waals surface area (Å²) in [5, 5.41) is 2.65. The van der Waals surface area contributed by atoms with Crippen molar-refractivity contribution in [3.8, 4) is 0 Å². The Morgan fingerprint density at radius 3 is 2.60 bits per heavy atom. The first kappa shape index (κ1) is 23.9. The number of benzene rings is 1. The van der Waals surface area contributed by atoms with Crippen molar-refractivity contribution in [1.29, 1.82) is 0 Å².